The third kappa shape index (κ3) is 1.23. The van der Waals surface area contributed by atoms with E-state index in [2.05, 4.69) is 23.3 Å². The Hall–Kier alpha value is -1.57. The third-order valence-corrected chi connectivity index (χ3v) is 1.87. The van der Waals surface area contributed by atoms with Crippen molar-refractivity contribution in [1.82, 2.24) is 4.98 Å². The highest BCUT2D eigenvalue weighted by Crippen LogP contribution is 2.14. The van der Waals surface area contributed by atoms with Crippen LogP contribution in [-0.4, -0.2) is 4.98 Å². The van der Waals surface area contributed by atoms with E-state index in [1.165, 1.54) is 11.1 Å². The second-order valence-electron chi connectivity index (χ2n) is 2.86. The maximum Gasteiger partial charge on any atom is 0.176 e. The number of H-pyrrole nitrogens is 1. The summed E-state index contributed by atoms with van der Waals surface area (Å²) in [6.45, 7) is 0. The Balaban J connectivity index is 2.48. The van der Waals surface area contributed by atoms with Gasteiger partial charge in [-0.15, -0.1) is 0 Å². The van der Waals surface area contributed by atoms with Gasteiger partial charge in [0.15, 0.2) is 12.4 Å². The summed E-state index contributed by atoms with van der Waals surface area (Å²) in [5, 5.41) is 0. The standard InChI is InChI=1S/C10H11N2/c1-12-6-2-3-10(8-12)9-4-5-11-7-9/h2-8,11H,1H3/q+1. The lowest BCUT2D eigenvalue weighted by molar-refractivity contribution is -0.671. The van der Waals surface area contributed by atoms with Crippen molar-refractivity contribution in [3.8, 4) is 11.1 Å². The Kier molecular flexibility index (Phi) is 1.67. The summed E-state index contributed by atoms with van der Waals surface area (Å²) in [6, 6.07) is 6.21. The molecule has 2 heterocycles. The number of aromatic amines is 1. The number of hydrogen-bond donors (Lipinski definition) is 1. The fraction of sp³-hybridized carbons (Fsp3) is 0.100. The number of nitrogens with zero attached hydrogens (tertiary/aromatic N) is 1. The maximum absolute atomic E-state index is 3.04. The van der Waals surface area contributed by atoms with Crippen molar-refractivity contribution in [2.24, 2.45) is 7.05 Å². The summed E-state index contributed by atoms with van der Waals surface area (Å²) in [4.78, 5) is 3.04. The predicted octanol–water partition coefficient (Wildman–Crippen LogP) is 1.51. The number of nitrogens with one attached hydrogen (secondary N) is 1. The molecule has 60 valence electrons. The van der Waals surface area contributed by atoms with Gasteiger partial charge in [0.2, 0.25) is 0 Å². The summed E-state index contributed by atoms with van der Waals surface area (Å²) >= 11 is 0. The molecule has 2 aromatic rings. The highest BCUT2D eigenvalue weighted by atomic mass is 14.9. The van der Waals surface area contributed by atoms with E-state index in [9.17, 15) is 0 Å². The van der Waals surface area contributed by atoms with Crippen LogP contribution in [0, 0.1) is 0 Å². The third-order valence-electron chi connectivity index (χ3n) is 1.87. The van der Waals surface area contributed by atoms with Gasteiger partial charge in [0.25, 0.3) is 0 Å². The molecule has 0 unspecified atom stereocenters. The van der Waals surface area contributed by atoms with Crippen LogP contribution in [0.15, 0.2) is 43.0 Å². The molecular formula is C10H11N2+. The minimum atomic E-state index is 1.23. The van der Waals surface area contributed by atoms with E-state index in [1.54, 1.807) is 0 Å². The van der Waals surface area contributed by atoms with Crippen molar-refractivity contribution >= 4 is 0 Å². The smallest absolute Gasteiger partial charge is 0.176 e. The van der Waals surface area contributed by atoms with Crippen LogP contribution >= 0.6 is 0 Å². The molecule has 12 heavy (non-hydrogen) atoms. The first kappa shape index (κ1) is 7.10. The van der Waals surface area contributed by atoms with Gasteiger partial charge in [0.05, 0.1) is 0 Å². The second-order valence-corrected chi connectivity index (χ2v) is 2.86. The number of hydrogen-bond acceptors (Lipinski definition) is 0. The van der Waals surface area contributed by atoms with Gasteiger partial charge in [0, 0.05) is 29.6 Å². The Labute approximate surface area is 71.5 Å². The summed E-state index contributed by atoms with van der Waals surface area (Å²) in [5.74, 6) is 0. The zero-order valence-electron chi connectivity index (χ0n) is 6.99. The molecule has 0 saturated carbocycles. The quantitative estimate of drug-likeness (QED) is 0.608. The molecule has 2 heteroatoms. The van der Waals surface area contributed by atoms with Crippen LogP contribution in [0.25, 0.3) is 11.1 Å². The zero-order chi connectivity index (χ0) is 8.39. The lowest BCUT2D eigenvalue weighted by atomic mass is 10.1. The van der Waals surface area contributed by atoms with Gasteiger partial charge in [-0.05, 0) is 12.1 Å². The molecule has 0 aliphatic carbocycles. The molecular weight excluding hydrogens is 148 g/mol. The second kappa shape index (κ2) is 2.81. The largest absolute Gasteiger partial charge is 0.367 e. The molecule has 0 aromatic carbocycles. The predicted molar refractivity (Wildman–Crippen MR) is 47.4 cm³/mol. The van der Waals surface area contributed by atoms with Crippen molar-refractivity contribution in [2.45, 2.75) is 0 Å². The zero-order valence-corrected chi connectivity index (χ0v) is 6.99. The molecule has 0 saturated heterocycles. The van der Waals surface area contributed by atoms with Crippen LogP contribution in [0.4, 0.5) is 0 Å². The van der Waals surface area contributed by atoms with Crippen LogP contribution in [0.3, 0.4) is 0 Å². The number of aryl methyl sites for hydroxylation is 1. The molecule has 0 radical (unpaired) electrons. The SMILES string of the molecule is C[n+]1cccc(-c2cc[nH]c2)c1. The van der Waals surface area contributed by atoms with Crippen molar-refractivity contribution in [3.05, 3.63) is 43.0 Å². The molecule has 0 bridgehead atoms. The molecule has 0 aliphatic rings. The lowest BCUT2D eigenvalue weighted by Gasteiger charge is -1.93. The lowest BCUT2D eigenvalue weighted by Crippen LogP contribution is -2.26. The minimum Gasteiger partial charge on any atom is -0.367 e. The molecule has 0 atom stereocenters. The fourth-order valence-corrected chi connectivity index (χ4v) is 1.26. The molecule has 0 fully saturated rings. The highest BCUT2D eigenvalue weighted by molar-refractivity contribution is 5.60. The average molecular weight is 159 g/mol. The minimum absolute atomic E-state index is 1.23. The first-order chi connectivity index (χ1) is 5.86. The van der Waals surface area contributed by atoms with Gasteiger partial charge < -0.3 is 4.98 Å². The average Bonchev–Trinajstić information content (AvgIpc) is 2.56. The summed E-state index contributed by atoms with van der Waals surface area (Å²) in [5.41, 5.74) is 2.47. The summed E-state index contributed by atoms with van der Waals surface area (Å²) in [6.07, 6.45) is 8.05. The number of aromatic nitrogens is 2. The fourth-order valence-electron chi connectivity index (χ4n) is 1.26. The Morgan fingerprint density at radius 2 is 2.17 bits per heavy atom. The normalized spacial score (nSPS) is 10.1. The van der Waals surface area contributed by atoms with E-state index in [0.29, 0.717) is 0 Å². The van der Waals surface area contributed by atoms with E-state index in [-0.39, 0.29) is 0 Å². The topological polar surface area (TPSA) is 19.7 Å². The number of pyridine rings is 1. The molecule has 1 N–H and O–H groups in total. The number of rotatable bonds is 1. The molecule has 0 spiro atoms. The van der Waals surface area contributed by atoms with Gasteiger partial charge >= 0.3 is 0 Å². The van der Waals surface area contributed by atoms with Crippen LogP contribution in [0.2, 0.25) is 0 Å². The molecule has 0 amide bonds. The Morgan fingerprint density at radius 1 is 1.25 bits per heavy atom. The van der Waals surface area contributed by atoms with Gasteiger partial charge in [-0.1, -0.05) is 0 Å². The van der Waals surface area contributed by atoms with Crippen LogP contribution in [-0.2, 0) is 7.05 Å². The van der Waals surface area contributed by atoms with Gasteiger partial charge in [-0.25, -0.2) is 4.57 Å². The van der Waals surface area contributed by atoms with Crippen LogP contribution in [0.5, 0.6) is 0 Å². The van der Waals surface area contributed by atoms with E-state index < -0.39 is 0 Å². The Morgan fingerprint density at radius 3 is 2.83 bits per heavy atom. The van der Waals surface area contributed by atoms with Crippen molar-refractivity contribution < 1.29 is 4.57 Å². The van der Waals surface area contributed by atoms with E-state index in [0.717, 1.165) is 0 Å². The van der Waals surface area contributed by atoms with Gasteiger partial charge in [-0.3, -0.25) is 0 Å². The van der Waals surface area contributed by atoms with Crippen LogP contribution in [0.1, 0.15) is 0 Å². The monoisotopic (exact) mass is 159 g/mol. The molecule has 2 aromatic heterocycles. The summed E-state index contributed by atoms with van der Waals surface area (Å²) < 4.78 is 2.04. The summed E-state index contributed by atoms with van der Waals surface area (Å²) in [7, 11) is 2.02. The molecule has 0 aliphatic heterocycles. The highest BCUT2D eigenvalue weighted by Gasteiger charge is 2.00. The maximum atomic E-state index is 3.04. The molecule has 2 rings (SSSR count). The van der Waals surface area contributed by atoms with Crippen molar-refractivity contribution in [3.63, 3.8) is 0 Å². The Bertz CT molecular complexity index is 363. The van der Waals surface area contributed by atoms with Crippen LogP contribution < -0.4 is 4.57 Å². The van der Waals surface area contributed by atoms with E-state index in [4.69, 9.17) is 0 Å². The van der Waals surface area contributed by atoms with E-state index in [1.807, 2.05) is 36.3 Å². The molecule has 2 nitrogen and oxygen atoms in total. The first-order valence-corrected chi connectivity index (χ1v) is 3.95. The van der Waals surface area contributed by atoms with Gasteiger partial charge in [-0.2, -0.15) is 0 Å². The van der Waals surface area contributed by atoms with Gasteiger partial charge in [0.1, 0.15) is 7.05 Å². The van der Waals surface area contributed by atoms with E-state index >= 15 is 0 Å². The van der Waals surface area contributed by atoms with Crippen molar-refractivity contribution in [1.29, 1.82) is 0 Å². The first-order valence-electron chi connectivity index (χ1n) is 3.95. The van der Waals surface area contributed by atoms with Crippen molar-refractivity contribution in [2.75, 3.05) is 0 Å².